The summed E-state index contributed by atoms with van der Waals surface area (Å²) in [5, 5.41) is 9.54. The van der Waals surface area contributed by atoms with Gasteiger partial charge in [-0.1, -0.05) is 54.1 Å². The fraction of sp³-hybridized carbons (Fsp3) is 0.455. The molecule has 13 heteroatoms. The molecule has 0 unspecified atom stereocenters. The Bertz CT molecular complexity index is 1770. The standard InChI is InChI=1S/C33H39Cl2N5O5Si/c1-46(2,3)18-17-43-21-39-29(41)19-36-40(33(39)42)24-11-9-23(10-12-24)38-15-13-25(14-16-38)44-20-26-31(37-45-32(26)22-7-8-22)30-27(34)5-4-6-28(30)35/h4-6,9-12,19,22,25H,7-8,13-18,20-21H2,1-3H3. The molecule has 0 atom stereocenters. The molecule has 0 spiro atoms. The van der Waals surface area contributed by atoms with Gasteiger partial charge in [-0.15, -0.1) is 0 Å². The molecule has 1 saturated carbocycles. The molecule has 4 aromatic rings. The third kappa shape index (κ3) is 7.50. The van der Waals surface area contributed by atoms with Crippen LogP contribution in [0.15, 0.2) is 62.8 Å². The molecule has 0 amide bonds. The predicted octanol–water partition coefficient (Wildman–Crippen LogP) is 6.73. The molecule has 46 heavy (non-hydrogen) atoms. The zero-order valence-electron chi connectivity index (χ0n) is 26.4. The minimum Gasteiger partial charge on any atom is -0.373 e. The van der Waals surface area contributed by atoms with Crippen LogP contribution < -0.4 is 16.1 Å². The molecule has 3 heterocycles. The van der Waals surface area contributed by atoms with Crippen molar-refractivity contribution >= 4 is 37.0 Å². The average Bonchev–Trinajstić information content (AvgIpc) is 3.79. The summed E-state index contributed by atoms with van der Waals surface area (Å²) >= 11 is 13.0. The second-order valence-electron chi connectivity index (χ2n) is 13.2. The zero-order chi connectivity index (χ0) is 32.4. The Morgan fingerprint density at radius 3 is 2.28 bits per heavy atom. The minimum absolute atomic E-state index is 0.0869. The largest absolute Gasteiger partial charge is 0.373 e. The van der Waals surface area contributed by atoms with Crippen LogP contribution in [0.5, 0.6) is 0 Å². The number of rotatable bonds is 12. The molecule has 1 aliphatic heterocycles. The Labute approximate surface area is 278 Å². The first-order chi connectivity index (χ1) is 22.1. The summed E-state index contributed by atoms with van der Waals surface area (Å²) in [6.45, 7) is 9.22. The predicted molar refractivity (Wildman–Crippen MR) is 182 cm³/mol. The van der Waals surface area contributed by atoms with Crippen molar-refractivity contribution in [3.05, 3.63) is 90.9 Å². The van der Waals surface area contributed by atoms with Crippen LogP contribution in [0.1, 0.15) is 42.9 Å². The SMILES string of the molecule is C[Si](C)(C)CCOCn1c(=O)cnn(-c2ccc(N3CCC(OCc4c(-c5c(Cl)cccc5Cl)noc4C4CC4)CC3)cc2)c1=O. The molecule has 244 valence electrons. The molecule has 1 aliphatic carbocycles. The van der Waals surface area contributed by atoms with E-state index in [2.05, 4.69) is 34.8 Å². The first-order valence-electron chi connectivity index (χ1n) is 15.8. The highest BCUT2D eigenvalue weighted by molar-refractivity contribution is 6.76. The summed E-state index contributed by atoms with van der Waals surface area (Å²) in [6, 6.07) is 14.0. The quantitative estimate of drug-likeness (QED) is 0.120. The van der Waals surface area contributed by atoms with E-state index in [0.29, 0.717) is 46.1 Å². The topological polar surface area (TPSA) is 105 Å². The zero-order valence-corrected chi connectivity index (χ0v) is 28.9. The van der Waals surface area contributed by atoms with E-state index in [0.717, 1.165) is 72.6 Å². The Morgan fingerprint density at radius 2 is 1.63 bits per heavy atom. The van der Waals surface area contributed by atoms with Crippen LogP contribution in [0.2, 0.25) is 35.7 Å². The molecule has 0 bridgehead atoms. The van der Waals surface area contributed by atoms with Crippen molar-refractivity contribution in [2.24, 2.45) is 0 Å². The third-order valence-electron chi connectivity index (χ3n) is 8.51. The number of aromatic nitrogens is 4. The Balaban J connectivity index is 1.07. The van der Waals surface area contributed by atoms with Crippen LogP contribution in [-0.2, 0) is 22.8 Å². The number of ether oxygens (including phenoxy) is 2. The van der Waals surface area contributed by atoms with E-state index in [1.54, 1.807) is 12.1 Å². The lowest BCUT2D eigenvalue weighted by atomic mass is 10.0. The maximum absolute atomic E-state index is 13.1. The minimum atomic E-state index is -1.28. The van der Waals surface area contributed by atoms with E-state index in [1.807, 2.05) is 30.3 Å². The van der Waals surface area contributed by atoms with Gasteiger partial charge in [0.1, 0.15) is 24.4 Å². The van der Waals surface area contributed by atoms with Gasteiger partial charge >= 0.3 is 5.69 Å². The molecule has 0 radical (unpaired) electrons. The highest BCUT2D eigenvalue weighted by Crippen LogP contribution is 2.46. The Morgan fingerprint density at radius 1 is 0.957 bits per heavy atom. The molecule has 6 rings (SSSR count). The highest BCUT2D eigenvalue weighted by Gasteiger charge is 2.34. The summed E-state index contributed by atoms with van der Waals surface area (Å²) in [5.74, 6) is 1.25. The molecule has 0 N–H and O–H groups in total. The van der Waals surface area contributed by atoms with Crippen molar-refractivity contribution in [1.29, 1.82) is 0 Å². The molecule has 2 aromatic carbocycles. The Hall–Kier alpha value is -3.22. The summed E-state index contributed by atoms with van der Waals surface area (Å²) in [5.41, 5.74) is 2.90. The van der Waals surface area contributed by atoms with E-state index >= 15 is 0 Å². The number of hydrogen-bond donors (Lipinski definition) is 0. The van der Waals surface area contributed by atoms with Crippen LogP contribution in [0.3, 0.4) is 0 Å². The van der Waals surface area contributed by atoms with Gasteiger partial charge in [0.05, 0.1) is 28.4 Å². The van der Waals surface area contributed by atoms with Gasteiger partial charge in [-0.2, -0.15) is 9.78 Å². The monoisotopic (exact) mass is 683 g/mol. The second-order valence-corrected chi connectivity index (χ2v) is 19.6. The van der Waals surface area contributed by atoms with Crippen LogP contribution in [0.4, 0.5) is 5.69 Å². The molecule has 1 saturated heterocycles. The van der Waals surface area contributed by atoms with Gasteiger partial charge < -0.3 is 18.9 Å². The van der Waals surface area contributed by atoms with E-state index in [4.69, 9.17) is 37.2 Å². The van der Waals surface area contributed by atoms with E-state index in [1.165, 1.54) is 4.68 Å². The summed E-state index contributed by atoms with van der Waals surface area (Å²) < 4.78 is 20.2. The van der Waals surface area contributed by atoms with E-state index in [-0.39, 0.29) is 12.8 Å². The first kappa shape index (κ1) is 32.7. The molecule has 2 aromatic heterocycles. The number of benzene rings is 2. The molecule has 10 nitrogen and oxygen atoms in total. The van der Waals surface area contributed by atoms with Gasteiger partial charge in [-0.3, -0.25) is 4.79 Å². The van der Waals surface area contributed by atoms with Crippen LogP contribution in [-0.4, -0.2) is 53.4 Å². The van der Waals surface area contributed by atoms with E-state index < -0.39 is 19.3 Å². The van der Waals surface area contributed by atoms with Gasteiger partial charge in [0.25, 0.3) is 5.56 Å². The van der Waals surface area contributed by atoms with Crippen molar-refractivity contribution in [2.75, 3.05) is 24.6 Å². The van der Waals surface area contributed by atoms with Crippen LogP contribution >= 0.6 is 23.2 Å². The Kier molecular flexibility index (Phi) is 9.86. The number of nitrogens with zero attached hydrogens (tertiary/aromatic N) is 5. The average molecular weight is 685 g/mol. The van der Waals surface area contributed by atoms with Crippen molar-refractivity contribution < 1.29 is 14.0 Å². The summed E-state index contributed by atoms with van der Waals surface area (Å²) in [7, 11) is -1.28. The smallest absolute Gasteiger partial charge is 0.354 e. The third-order valence-corrected chi connectivity index (χ3v) is 10.8. The maximum atomic E-state index is 13.1. The number of piperidine rings is 1. The van der Waals surface area contributed by atoms with Gasteiger partial charge in [0.15, 0.2) is 0 Å². The highest BCUT2D eigenvalue weighted by atomic mass is 35.5. The van der Waals surface area contributed by atoms with Gasteiger partial charge in [-0.25, -0.2) is 9.36 Å². The molecular weight excluding hydrogens is 645 g/mol. The van der Waals surface area contributed by atoms with Gasteiger partial charge in [0.2, 0.25) is 0 Å². The molecule has 2 fully saturated rings. The lowest BCUT2D eigenvalue weighted by Crippen LogP contribution is -2.41. The second kappa shape index (κ2) is 13.9. The van der Waals surface area contributed by atoms with Crippen LogP contribution in [0.25, 0.3) is 16.9 Å². The van der Waals surface area contributed by atoms with Crippen molar-refractivity contribution in [3.63, 3.8) is 0 Å². The van der Waals surface area contributed by atoms with Crippen molar-refractivity contribution in [3.8, 4) is 16.9 Å². The summed E-state index contributed by atoms with van der Waals surface area (Å²) in [6.07, 6.45) is 5.12. The molecule has 2 aliphatic rings. The summed E-state index contributed by atoms with van der Waals surface area (Å²) in [4.78, 5) is 27.7. The first-order valence-corrected chi connectivity index (χ1v) is 20.2. The fourth-order valence-electron chi connectivity index (χ4n) is 5.60. The number of halogens is 2. The number of anilines is 1. The van der Waals surface area contributed by atoms with Crippen molar-refractivity contribution in [1.82, 2.24) is 19.5 Å². The molecular formula is C33H39Cl2N5O5Si. The normalized spacial score (nSPS) is 15.9. The lowest BCUT2D eigenvalue weighted by molar-refractivity contribution is 0.0246. The lowest BCUT2D eigenvalue weighted by Gasteiger charge is -2.33. The maximum Gasteiger partial charge on any atom is 0.354 e. The van der Waals surface area contributed by atoms with Crippen LogP contribution in [0, 0.1) is 0 Å². The number of hydrogen-bond acceptors (Lipinski definition) is 8. The van der Waals surface area contributed by atoms with Gasteiger partial charge in [-0.05, 0) is 68.1 Å². The van der Waals surface area contributed by atoms with Crippen molar-refractivity contribution in [2.45, 2.75) is 76.7 Å². The van der Waals surface area contributed by atoms with E-state index in [9.17, 15) is 9.59 Å². The van der Waals surface area contributed by atoms with Gasteiger partial charge in [0, 0.05) is 50.5 Å². The fourth-order valence-corrected chi connectivity index (χ4v) is 6.93.